The molecule has 0 atom stereocenters. The Hall–Kier alpha value is -8.00. The van der Waals surface area contributed by atoms with Crippen molar-refractivity contribution in [1.29, 1.82) is 0 Å². The van der Waals surface area contributed by atoms with Gasteiger partial charge in [0.25, 0.3) is 0 Å². The Bertz CT molecular complexity index is 3680. The van der Waals surface area contributed by atoms with Gasteiger partial charge in [0.15, 0.2) is 0 Å². The van der Waals surface area contributed by atoms with Gasteiger partial charge in [-0.3, -0.25) is 0 Å². The zero-order valence-corrected chi connectivity index (χ0v) is 38.8. The van der Waals surface area contributed by atoms with E-state index < -0.39 is 5.41 Å². The van der Waals surface area contributed by atoms with Gasteiger partial charge in [0.2, 0.25) is 0 Å². The highest BCUT2D eigenvalue weighted by Crippen LogP contribution is 2.67. The molecule has 1 spiro atoms. The van der Waals surface area contributed by atoms with Gasteiger partial charge in [-0.05, 0) is 148 Å². The lowest BCUT2D eigenvalue weighted by Crippen LogP contribution is -2.27. The molecule has 0 radical (unpaired) electrons. The summed E-state index contributed by atoms with van der Waals surface area (Å²) < 4.78 is 0. The van der Waals surface area contributed by atoms with Gasteiger partial charge in [-0.1, -0.05) is 216 Å². The average Bonchev–Trinajstić information content (AvgIpc) is 4.01. The Morgan fingerprint density at radius 2 is 0.676 bits per heavy atom. The minimum Gasteiger partial charge on any atom is -0.310 e. The van der Waals surface area contributed by atoms with Crippen LogP contribution < -0.4 is 4.90 Å². The second-order valence-corrected chi connectivity index (χ2v) is 20.4. The van der Waals surface area contributed by atoms with Crippen LogP contribution in [0.5, 0.6) is 0 Å². The first kappa shape index (κ1) is 39.2. The fourth-order valence-corrected chi connectivity index (χ4v) is 13.2. The van der Waals surface area contributed by atoms with Gasteiger partial charge in [0.05, 0.1) is 5.41 Å². The molecular weight excluding hydrogens is 819 g/mol. The van der Waals surface area contributed by atoms with Crippen LogP contribution in [-0.2, 0) is 16.2 Å². The zero-order chi connectivity index (χ0) is 45.5. The summed E-state index contributed by atoms with van der Waals surface area (Å²) in [6, 6.07) is 84.9. The molecule has 4 aliphatic carbocycles. The van der Waals surface area contributed by atoms with Crippen LogP contribution in [0.25, 0.3) is 66.8 Å². The average molecular weight is 868 g/mol. The van der Waals surface area contributed by atoms with Crippen molar-refractivity contribution in [2.24, 2.45) is 0 Å². The van der Waals surface area contributed by atoms with E-state index >= 15 is 0 Å². The lowest BCUT2D eigenvalue weighted by atomic mass is 9.69. The van der Waals surface area contributed by atoms with Gasteiger partial charge in [-0.15, -0.1) is 0 Å². The minimum atomic E-state index is -0.522. The third-order valence-corrected chi connectivity index (χ3v) is 16.3. The van der Waals surface area contributed by atoms with Gasteiger partial charge in [0, 0.05) is 27.9 Å². The summed E-state index contributed by atoms with van der Waals surface area (Å²) in [4.78, 5) is 2.50. The molecule has 0 unspecified atom stereocenters. The van der Waals surface area contributed by atoms with E-state index in [2.05, 4.69) is 257 Å². The largest absolute Gasteiger partial charge is 0.310 e. The van der Waals surface area contributed by atoms with E-state index in [1.54, 1.807) is 0 Å². The number of rotatable bonds is 5. The van der Waals surface area contributed by atoms with Crippen molar-refractivity contribution in [2.45, 2.75) is 43.9 Å². The highest BCUT2D eigenvalue weighted by molar-refractivity contribution is 6.08. The topological polar surface area (TPSA) is 3.24 Å². The van der Waals surface area contributed by atoms with E-state index in [0.717, 1.165) is 17.1 Å². The first-order valence-corrected chi connectivity index (χ1v) is 24.2. The Morgan fingerprint density at radius 1 is 0.250 bits per heavy atom. The van der Waals surface area contributed by atoms with Crippen LogP contribution in [0, 0.1) is 0 Å². The number of fused-ring (bicyclic) bond motifs is 16. The molecule has 14 rings (SSSR count). The zero-order valence-electron chi connectivity index (χ0n) is 38.8. The van der Waals surface area contributed by atoms with E-state index in [-0.39, 0.29) is 10.8 Å². The van der Waals surface area contributed by atoms with Crippen LogP contribution in [0.3, 0.4) is 0 Å². The molecule has 4 aliphatic rings. The van der Waals surface area contributed by atoms with Gasteiger partial charge in [0.1, 0.15) is 0 Å². The normalized spacial score (nSPS) is 15.1. The molecule has 0 saturated heterocycles. The van der Waals surface area contributed by atoms with Crippen molar-refractivity contribution in [3.63, 3.8) is 0 Å². The van der Waals surface area contributed by atoms with Crippen molar-refractivity contribution in [2.75, 3.05) is 4.90 Å². The van der Waals surface area contributed by atoms with E-state index in [4.69, 9.17) is 0 Å². The lowest BCUT2D eigenvalue weighted by molar-refractivity contribution is 0.657. The van der Waals surface area contributed by atoms with E-state index in [1.807, 2.05) is 0 Å². The number of anilines is 3. The molecule has 0 heterocycles. The fourth-order valence-electron chi connectivity index (χ4n) is 13.2. The third kappa shape index (κ3) is 5.11. The summed E-state index contributed by atoms with van der Waals surface area (Å²) in [5.41, 5.74) is 29.1. The standard InChI is InChI=1S/C67H49N/c1-65(2)54-27-15-11-23-48(54)51-37-35-47(40-59(51)65)68(45-33-31-43(32-34-45)42-19-7-5-8-20-42)46-36-38-58-53(39-46)64-61(67(58)56-29-17-12-24-49(56)50-25-13-18-30-57(50)67)41-60-63(62(64)44-21-9-6-10-22-44)52-26-14-16-28-55(52)66(60,3)4/h5-41H,1-4H3. The number of benzene rings is 10. The first-order valence-electron chi connectivity index (χ1n) is 24.2. The van der Waals surface area contributed by atoms with Crippen molar-refractivity contribution in [3.8, 4) is 66.8 Å². The molecule has 0 aliphatic heterocycles. The molecule has 0 bridgehead atoms. The number of nitrogens with zero attached hydrogens (tertiary/aromatic N) is 1. The van der Waals surface area contributed by atoms with Crippen LogP contribution in [0.2, 0.25) is 0 Å². The highest BCUT2D eigenvalue weighted by Gasteiger charge is 2.54. The summed E-state index contributed by atoms with van der Waals surface area (Å²) in [7, 11) is 0. The highest BCUT2D eigenvalue weighted by atomic mass is 15.1. The molecule has 0 N–H and O–H groups in total. The summed E-state index contributed by atoms with van der Waals surface area (Å²) in [5, 5.41) is 0. The van der Waals surface area contributed by atoms with E-state index in [9.17, 15) is 0 Å². The molecule has 10 aromatic carbocycles. The molecule has 68 heavy (non-hydrogen) atoms. The molecule has 1 heteroatoms. The van der Waals surface area contributed by atoms with Crippen LogP contribution in [0.1, 0.15) is 72.2 Å². The fraction of sp³-hybridized carbons (Fsp3) is 0.104. The number of hydrogen-bond acceptors (Lipinski definition) is 1. The summed E-state index contributed by atoms with van der Waals surface area (Å²) in [5.74, 6) is 0. The molecule has 0 saturated carbocycles. The predicted octanol–water partition coefficient (Wildman–Crippen LogP) is 17.4. The molecular formula is C67H49N. The van der Waals surface area contributed by atoms with Crippen LogP contribution >= 0.6 is 0 Å². The van der Waals surface area contributed by atoms with Crippen molar-refractivity contribution in [1.82, 2.24) is 0 Å². The second kappa shape index (κ2) is 14.0. The maximum absolute atomic E-state index is 2.63. The molecule has 10 aromatic rings. The Kier molecular flexibility index (Phi) is 8.08. The van der Waals surface area contributed by atoms with Crippen molar-refractivity contribution >= 4 is 17.1 Å². The SMILES string of the molecule is CC1(C)c2ccccc2-c2ccc(N(c3ccc(-c4ccccc4)cc3)c3ccc4c(c3)-c3c(cc5c(c3-c3ccccc3)-c3ccccc3C5(C)C)C43c4ccccc4-c4ccccc43)cc21. The molecule has 0 fully saturated rings. The minimum absolute atomic E-state index is 0.147. The quantitative estimate of drug-likeness (QED) is 0.167. The van der Waals surface area contributed by atoms with Crippen LogP contribution in [0.4, 0.5) is 17.1 Å². The van der Waals surface area contributed by atoms with Gasteiger partial charge < -0.3 is 4.90 Å². The molecule has 1 nitrogen and oxygen atoms in total. The predicted molar refractivity (Wildman–Crippen MR) is 283 cm³/mol. The van der Waals surface area contributed by atoms with Gasteiger partial charge >= 0.3 is 0 Å². The van der Waals surface area contributed by atoms with Crippen molar-refractivity contribution in [3.05, 3.63) is 269 Å². The summed E-state index contributed by atoms with van der Waals surface area (Å²) in [6.07, 6.45) is 0. The Balaban J connectivity index is 1.08. The smallest absolute Gasteiger partial charge is 0.0725 e. The first-order chi connectivity index (χ1) is 33.3. The Labute approximate surface area is 399 Å². The number of hydrogen-bond donors (Lipinski definition) is 0. The maximum Gasteiger partial charge on any atom is 0.0725 e. The van der Waals surface area contributed by atoms with Crippen LogP contribution in [-0.4, -0.2) is 0 Å². The second-order valence-electron chi connectivity index (χ2n) is 20.4. The monoisotopic (exact) mass is 867 g/mol. The summed E-state index contributed by atoms with van der Waals surface area (Å²) >= 11 is 0. The van der Waals surface area contributed by atoms with Gasteiger partial charge in [-0.2, -0.15) is 0 Å². The third-order valence-electron chi connectivity index (χ3n) is 16.3. The Morgan fingerprint density at radius 3 is 1.32 bits per heavy atom. The maximum atomic E-state index is 2.63. The summed E-state index contributed by atoms with van der Waals surface area (Å²) in [6.45, 7) is 9.62. The molecule has 0 amide bonds. The molecule has 0 aromatic heterocycles. The van der Waals surface area contributed by atoms with E-state index in [1.165, 1.54) is 111 Å². The lowest BCUT2D eigenvalue weighted by Gasteiger charge is -2.32. The van der Waals surface area contributed by atoms with Gasteiger partial charge in [-0.25, -0.2) is 0 Å². The molecule has 322 valence electrons. The van der Waals surface area contributed by atoms with E-state index in [0.29, 0.717) is 0 Å². The van der Waals surface area contributed by atoms with Crippen molar-refractivity contribution < 1.29 is 0 Å². The van der Waals surface area contributed by atoms with Crippen LogP contribution in [0.15, 0.2) is 224 Å².